The second-order valence-electron chi connectivity index (χ2n) is 2.16. The van der Waals surface area contributed by atoms with Gasteiger partial charge in [0.25, 0.3) is 0 Å². The minimum atomic E-state index is -3.57. The lowest BCUT2D eigenvalue weighted by atomic mass is 10.5. The van der Waals surface area contributed by atoms with Crippen LogP contribution in [0.2, 0.25) is 0 Å². The highest BCUT2D eigenvalue weighted by Gasteiger charge is 2.27. The van der Waals surface area contributed by atoms with Crippen LogP contribution in [0.4, 0.5) is 0 Å². The van der Waals surface area contributed by atoms with Crippen molar-refractivity contribution in [2.24, 2.45) is 4.99 Å². The van der Waals surface area contributed by atoms with E-state index < -0.39 is 21.5 Å². The normalized spacial score (nSPS) is 19.5. The Morgan fingerprint density at radius 2 is 2.31 bits per heavy atom. The molecule has 1 N–H and O–H groups in total. The molecule has 0 aliphatic carbocycles. The van der Waals surface area contributed by atoms with Crippen molar-refractivity contribution in [1.82, 2.24) is 0 Å². The molecular weight excluding hydrogens is 214 g/mol. The predicted octanol–water partition coefficient (Wildman–Crippen LogP) is 0.450. The zero-order valence-corrected chi connectivity index (χ0v) is 8.35. The molecule has 0 aromatic rings. The minimum Gasteiger partial charge on any atom is -0.476 e. The van der Waals surface area contributed by atoms with Gasteiger partial charge in [-0.2, -0.15) is 0 Å². The van der Waals surface area contributed by atoms with Crippen LogP contribution in [0.3, 0.4) is 0 Å². The second-order valence-corrected chi connectivity index (χ2v) is 5.39. The van der Waals surface area contributed by atoms with Gasteiger partial charge in [0.15, 0.2) is 10.1 Å². The lowest BCUT2D eigenvalue weighted by Gasteiger charge is -1.93. The third kappa shape index (κ3) is 2.10. The number of aliphatic carboxylic acids is 1. The summed E-state index contributed by atoms with van der Waals surface area (Å²) in [7, 11) is -3.57. The molecule has 0 amide bonds. The molecular formula is C6H7NO4S2. The molecule has 0 atom stereocenters. The van der Waals surface area contributed by atoms with Crippen molar-refractivity contribution in [1.29, 1.82) is 0 Å². The number of hydrogen-bond donors (Lipinski definition) is 1. The van der Waals surface area contributed by atoms with E-state index >= 15 is 0 Å². The summed E-state index contributed by atoms with van der Waals surface area (Å²) in [6, 6.07) is 0. The van der Waals surface area contributed by atoms with Crippen molar-refractivity contribution in [3.05, 3.63) is 11.1 Å². The number of carboxylic acids is 1. The Bertz CT molecular complexity index is 393. The largest absolute Gasteiger partial charge is 0.476 e. The average molecular weight is 221 g/mol. The maximum atomic E-state index is 11.2. The smallest absolute Gasteiger partial charge is 0.355 e. The van der Waals surface area contributed by atoms with Gasteiger partial charge in [-0.3, -0.25) is 0 Å². The summed E-state index contributed by atoms with van der Waals surface area (Å²) in [4.78, 5) is 13.9. The van der Waals surface area contributed by atoms with Gasteiger partial charge in [-0.1, -0.05) is 18.7 Å². The fourth-order valence-corrected chi connectivity index (χ4v) is 3.06. The maximum absolute atomic E-state index is 11.2. The van der Waals surface area contributed by atoms with Gasteiger partial charge in [-0.25, -0.2) is 18.2 Å². The van der Waals surface area contributed by atoms with Gasteiger partial charge in [0.1, 0.15) is 0 Å². The Kier molecular flexibility index (Phi) is 2.77. The average Bonchev–Trinajstić information content (AvgIpc) is 2.28. The lowest BCUT2D eigenvalue weighted by molar-refractivity contribution is -0.132. The first-order valence-electron chi connectivity index (χ1n) is 3.39. The van der Waals surface area contributed by atoms with Gasteiger partial charge in [-0.15, -0.1) is 0 Å². The van der Waals surface area contributed by atoms with Crippen molar-refractivity contribution in [2.45, 2.75) is 6.92 Å². The van der Waals surface area contributed by atoms with Gasteiger partial charge in [0, 0.05) is 0 Å². The third-order valence-corrected chi connectivity index (χ3v) is 4.00. The van der Waals surface area contributed by atoms with Gasteiger partial charge in [0.2, 0.25) is 9.84 Å². The van der Waals surface area contributed by atoms with Gasteiger partial charge >= 0.3 is 5.97 Å². The van der Waals surface area contributed by atoms with Gasteiger partial charge < -0.3 is 5.11 Å². The van der Waals surface area contributed by atoms with E-state index in [1.165, 1.54) is 0 Å². The minimum absolute atomic E-state index is 0.132. The quantitative estimate of drug-likeness (QED) is 0.731. The maximum Gasteiger partial charge on any atom is 0.355 e. The first-order chi connectivity index (χ1) is 5.97. The van der Waals surface area contributed by atoms with E-state index in [2.05, 4.69) is 4.99 Å². The van der Waals surface area contributed by atoms with E-state index in [0.29, 0.717) is 11.2 Å². The van der Waals surface area contributed by atoms with E-state index in [0.717, 1.165) is 11.8 Å². The summed E-state index contributed by atoms with van der Waals surface area (Å²) in [5.41, 5.74) is -0.420. The number of carboxylic acid groups (broad SMARTS) is 1. The van der Waals surface area contributed by atoms with E-state index in [9.17, 15) is 13.2 Å². The summed E-state index contributed by atoms with van der Waals surface area (Å²) in [5.74, 6) is -0.783. The molecule has 0 aromatic heterocycles. The SMILES string of the molecule is CCSC1=NC(C(=O)O)=CS1(=O)=O. The molecule has 5 nitrogen and oxygen atoms in total. The molecule has 0 saturated carbocycles. The van der Waals surface area contributed by atoms with E-state index in [1.807, 2.05) is 0 Å². The number of thioether (sulfide) groups is 1. The van der Waals surface area contributed by atoms with Crippen LogP contribution in [0.1, 0.15) is 6.92 Å². The van der Waals surface area contributed by atoms with Crippen LogP contribution in [-0.4, -0.2) is 29.6 Å². The van der Waals surface area contributed by atoms with Crippen molar-refractivity contribution >= 4 is 31.9 Å². The summed E-state index contributed by atoms with van der Waals surface area (Å²) < 4.78 is 22.2. The zero-order chi connectivity index (χ0) is 10.1. The molecule has 13 heavy (non-hydrogen) atoms. The Morgan fingerprint density at radius 1 is 1.69 bits per heavy atom. The molecule has 1 rings (SSSR count). The molecule has 1 aliphatic heterocycles. The van der Waals surface area contributed by atoms with Crippen molar-refractivity contribution < 1.29 is 18.3 Å². The molecule has 0 bridgehead atoms. The van der Waals surface area contributed by atoms with Crippen molar-refractivity contribution in [3.63, 3.8) is 0 Å². The van der Waals surface area contributed by atoms with E-state index in [-0.39, 0.29) is 4.38 Å². The summed E-state index contributed by atoms with van der Waals surface area (Å²) >= 11 is 1.01. The Balaban J connectivity index is 3.05. The monoisotopic (exact) mass is 221 g/mol. The molecule has 0 aromatic carbocycles. The molecule has 0 fully saturated rings. The van der Waals surface area contributed by atoms with Crippen LogP contribution < -0.4 is 0 Å². The van der Waals surface area contributed by atoms with Crippen molar-refractivity contribution in [2.75, 3.05) is 5.75 Å². The molecule has 0 spiro atoms. The summed E-state index contributed by atoms with van der Waals surface area (Å²) in [6.45, 7) is 1.77. The molecule has 1 aliphatic rings. The number of aliphatic imine (C=N–C) groups is 1. The molecule has 7 heteroatoms. The Labute approximate surface area is 79.5 Å². The van der Waals surface area contributed by atoms with Gasteiger partial charge in [-0.05, 0) is 5.75 Å². The Hall–Kier alpha value is -0.820. The molecule has 0 radical (unpaired) electrons. The first kappa shape index (κ1) is 10.3. The number of nitrogens with zero attached hydrogens (tertiary/aromatic N) is 1. The summed E-state index contributed by atoms with van der Waals surface area (Å²) in [6.07, 6.45) is 0. The Morgan fingerprint density at radius 3 is 2.69 bits per heavy atom. The zero-order valence-electron chi connectivity index (χ0n) is 6.72. The van der Waals surface area contributed by atoms with E-state index in [1.54, 1.807) is 6.92 Å². The van der Waals surface area contributed by atoms with Crippen LogP contribution in [0, 0.1) is 0 Å². The fourth-order valence-electron chi connectivity index (χ4n) is 0.722. The van der Waals surface area contributed by atoms with Crippen LogP contribution in [0.15, 0.2) is 16.1 Å². The number of sulfone groups is 1. The first-order valence-corrected chi connectivity index (χ1v) is 5.92. The molecule has 0 saturated heterocycles. The fraction of sp³-hybridized carbons (Fsp3) is 0.333. The van der Waals surface area contributed by atoms with Gasteiger partial charge in [0.05, 0.1) is 5.41 Å². The molecule has 1 heterocycles. The van der Waals surface area contributed by atoms with Crippen LogP contribution in [0.25, 0.3) is 0 Å². The highest BCUT2D eigenvalue weighted by Crippen LogP contribution is 2.22. The van der Waals surface area contributed by atoms with Crippen molar-refractivity contribution in [3.8, 4) is 0 Å². The number of rotatable bonds is 2. The highest BCUT2D eigenvalue weighted by atomic mass is 32.3. The third-order valence-electron chi connectivity index (χ3n) is 1.21. The standard InChI is InChI=1S/C6H7NO4S2/c1-2-12-6-7-4(5(8)9)3-13(6,10)11/h3H,2H2,1H3,(H,8,9). The summed E-state index contributed by atoms with van der Waals surface area (Å²) in [5, 5.41) is 9.16. The number of carbonyl (C=O) groups is 1. The van der Waals surface area contributed by atoms with Crippen LogP contribution >= 0.6 is 11.8 Å². The number of hydrogen-bond acceptors (Lipinski definition) is 5. The van der Waals surface area contributed by atoms with Crippen LogP contribution in [0.5, 0.6) is 0 Å². The highest BCUT2D eigenvalue weighted by molar-refractivity contribution is 8.36. The molecule has 72 valence electrons. The second kappa shape index (κ2) is 3.51. The molecule has 0 unspecified atom stereocenters. The van der Waals surface area contributed by atoms with E-state index in [4.69, 9.17) is 5.11 Å². The predicted molar refractivity (Wildman–Crippen MR) is 50.2 cm³/mol. The lowest BCUT2D eigenvalue weighted by Crippen LogP contribution is -2.03. The van der Waals surface area contributed by atoms with Crippen LogP contribution in [-0.2, 0) is 14.6 Å². The topological polar surface area (TPSA) is 83.8 Å².